The van der Waals surface area contributed by atoms with Crippen LogP contribution in [0.25, 0.3) is 0 Å². The lowest BCUT2D eigenvalue weighted by atomic mass is 10.3. The number of nitrogens with one attached hydrogen (secondary N) is 1. The Morgan fingerprint density at radius 1 is 1.22 bits per heavy atom. The summed E-state index contributed by atoms with van der Waals surface area (Å²) < 4.78 is 25.4. The highest BCUT2D eigenvalue weighted by Crippen LogP contribution is 2.22. The van der Waals surface area contributed by atoms with Crippen molar-refractivity contribution in [2.45, 2.75) is 17.7 Å². The Kier molecular flexibility index (Phi) is 5.58. The summed E-state index contributed by atoms with van der Waals surface area (Å²) in [7, 11) is -0.405. The van der Waals surface area contributed by atoms with Gasteiger partial charge in [-0.3, -0.25) is 0 Å². The lowest BCUT2D eigenvalue weighted by Gasteiger charge is -2.16. The van der Waals surface area contributed by atoms with Gasteiger partial charge in [0.05, 0.1) is 5.69 Å². The molecular weight excluding hydrogens is 252 g/mol. The first-order valence-corrected chi connectivity index (χ1v) is 7.30. The molecule has 0 aliphatic heterocycles. The third kappa shape index (κ3) is 3.69. The van der Waals surface area contributed by atoms with Crippen LogP contribution in [0.1, 0.15) is 12.8 Å². The summed E-state index contributed by atoms with van der Waals surface area (Å²) in [6.45, 7) is 0.792. The van der Waals surface area contributed by atoms with Gasteiger partial charge < -0.3 is 10.4 Å². The van der Waals surface area contributed by atoms with E-state index in [1.807, 2.05) is 0 Å². The van der Waals surface area contributed by atoms with E-state index < -0.39 is 10.0 Å². The monoisotopic (exact) mass is 272 g/mol. The highest BCUT2D eigenvalue weighted by molar-refractivity contribution is 7.89. The van der Waals surface area contributed by atoms with Crippen molar-refractivity contribution < 1.29 is 13.5 Å². The molecule has 0 heterocycles. The van der Waals surface area contributed by atoms with Gasteiger partial charge in [-0.1, -0.05) is 12.1 Å². The number of para-hydroxylation sites is 1. The molecule has 1 aromatic carbocycles. The molecule has 0 fully saturated rings. The molecule has 0 atom stereocenters. The molecule has 6 heteroatoms. The molecule has 0 spiro atoms. The smallest absolute Gasteiger partial charge is 0.244 e. The van der Waals surface area contributed by atoms with E-state index in [1.54, 1.807) is 24.3 Å². The van der Waals surface area contributed by atoms with Crippen molar-refractivity contribution in [3.05, 3.63) is 24.3 Å². The SMILES string of the molecule is CN(C)S(=O)(=O)c1ccccc1NCCCCO. The first-order valence-electron chi connectivity index (χ1n) is 5.86. The second-order valence-electron chi connectivity index (χ2n) is 4.14. The summed E-state index contributed by atoms with van der Waals surface area (Å²) in [6.07, 6.45) is 1.50. The summed E-state index contributed by atoms with van der Waals surface area (Å²) in [6, 6.07) is 6.83. The summed E-state index contributed by atoms with van der Waals surface area (Å²) in [4.78, 5) is 0.277. The second-order valence-corrected chi connectivity index (χ2v) is 6.26. The maximum Gasteiger partial charge on any atom is 0.244 e. The normalized spacial score (nSPS) is 11.8. The van der Waals surface area contributed by atoms with Crippen molar-refractivity contribution in [1.82, 2.24) is 4.31 Å². The van der Waals surface area contributed by atoms with E-state index in [9.17, 15) is 8.42 Å². The van der Waals surface area contributed by atoms with Crippen LogP contribution in [0.2, 0.25) is 0 Å². The number of aliphatic hydroxyl groups excluding tert-OH is 1. The Balaban J connectivity index is 2.87. The summed E-state index contributed by atoms with van der Waals surface area (Å²) in [5.41, 5.74) is 0.601. The molecule has 0 saturated carbocycles. The standard InChI is InChI=1S/C12H20N2O3S/c1-14(2)18(16,17)12-8-4-3-7-11(12)13-9-5-6-10-15/h3-4,7-8,13,15H,5-6,9-10H2,1-2H3. The van der Waals surface area contributed by atoms with Gasteiger partial charge in [-0.25, -0.2) is 12.7 Å². The second kappa shape index (κ2) is 6.72. The molecular formula is C12H20N2O3S. The Bertz CT molecular complexity index is 472. The average molecular weight is 272 g/mol. The molecule has 0 unspecified atom stereocenters. The average Bonchev–Trinajstić information content (AvgIpc) is 2.35. The Hall–Kier alpha value is -1.11. The van der Waals surface area contributed by atoms with Gasteiger partial charge in [0.2, 0.25) is 10.0 Å². The fraction of sp³-hybridized carbons (Fsp3) is 0.500. The number of sulfonamides is 1. The van der Waals surface area contributed by atoms with E-state index in [4.69, 9.17) is 5.11 Å². The van der Waals surface area contributed by atoms with Crippen LogP contribution >= 0.6 is 0 Å². The molecule has 5 nitrogen and oxygen atoms in total. The molecule has 2 N–H and O–H groups in total. The van der Waals surface area contributed by atoms with E-state index in [0.717, 1.165) is 6.42 Å². The molecule has 0 saturated heterocycles. The minimum absolute atomic E-state index is 0.152. The Morgan fingerprint density at radius 3 is 2.50 bits per heavy atom. The van der Waals surface area contributed by atoms with E-state index in [2.05, 4.69) is 5.32 Å². The van der Waals surface area contributed by atoms with Crippen molar-refractivity contribution in [2.75, 3.05) is 32.6 Å². The topological polar surface area (TPSA) is 69.6 Å². The number of benzene rings is 1. The van der Waals surface area contributed by atoms with Crippen LogP contribution in [-0.4, -0.2) is 45.1 Å². The predicted molar refractivity (Wildman–Crippen MR) is 72.1 cm³/mol. The van der Waals surface area contributed by atoms with Gasteiger partial charge in [-0.05, 0) is 25.0 Å². The highest BCUT2D eigenvalue weighted by atomic mass is 32.2. The van der Waals surface area contributed by atoms with E-state index >= 15 is 0 Å². The van der Waals surface area contributed by atoms with Crippen LogP contribution in [0, 0.1) is 0 Å². The number of aliphatic hydroxyl groups is 1. The molecule has 18 heavy (non-hydrogen) atoms. The summed E-state index contributed by atoms with van der Waals surface area (Å²) >= 11 is 0. The van der Waals surface area contributed by atoms with E-state index in [0.29, 0.717) is 18.7 Å². The first kappa shape index (κ1) is 14.9. The largest absolute Gasteiger partial charge is 0.396 e. The molecule has 1 rings (SSSR count). The Morgan fingerprint density at radius 2 is 1.89 bits per heavy atom. The molecule has 0 aliphatic carbocycles. The Labute approximate surface area is 108 Å². The van der Waals surface area contributed by atoms with Crippen molar-refractivity contribution in [2.24, 2.45) is 0 Å². The molecule has 0 bridgehead atoms. The fourth-order valence-corrected chi connectivity index (χ4v) is 2.56. The fourth-order valence-electron chi connectivity index (χ4n) is 1.49. The van der Waals surface area contributed by atoms with Crippen LogP contribution in [0.3, 0.4) is 0 Å². The maximum absolute atomic E-state index is 12.1. The molecule has 1 aromatic rings. The van der Waals surface area contributed by atoms with Gasteiger partial charge in [0, 0.05) is 27.2 Å². The van der Waals surface area contributed by atoms with Gasteiger partial charge >= 0.3 is 0 Å². The van der Waals surface area contributed by atoms with E-state index in [1.165, 1.54) is 18.4 Å². The van der Waals surface area contributed by atoms with Crippen LogP contribution in [0.4, 0.5) is 5.69 Å². The zero-order chi connectivity index (χ0) is 13.6. The van der Waals surface area contributed by atoms with E-state index in [-0.39, 0.29) is 11.5 Å². The molecule has 0 amide bonds. The number of anilines is 1. The molecule has 0 radical (unpaired) electrons. The van der Waals surface area contributed by atoms with Crippen molar-refractivity contribution >= 4 is 15.7 Å². The maximum atomic E-state index is 12.1. The predicted octanol–water partition coefficient (Wildman–Crippen LogP) is 1.12. The van der Waals surface area contributed by atoms with Crippen LogP contribution in [0.15, 0.2) is 29.2 Å². The lowest BCUT2D eigenvalue weighted by Crippen LogP contribution is -2.23. The van der Waals surface area contributed by atoms with Crippen LogP contribution < -0.4 is 5.32 Å². The third-order valence-electron chi connectivity index (χ3n) is 2.55. The van der Waals surface area contributed by atoms with Gasteiger partial charge in [-0.15, -0.1) is 0 Å². The minimum Gasteiger partial charge on any atom is -0.396 e. The zero-order valence-corrected chi connectivity index (χ0v) is 11.6. The third-order valence-corrected chi connectivity index (χ3v) is 4.42. The van der Waals surface area contributed by atoms with Crippen LogP contribution in [0.5, 0.6) is 0 Å². The van der Waals surface area contributed by atoms with Gasteiger partial charge in [0.1, 0.15) is 4.90 Å². The number of hydrogen-bond acceptors (Lipinski definition) is 4. The molecule has 0 aromatic heterocycles. The van der Waals surface area contributed by atoms with Gasteiger partial charge in [0.15, 0.2) is 0 Å². The number of nitrogens with zero attached hydrogens (tertiary/aromatic N) is 1. The number of unbranched alkanes of at least 4 members (excludes halogenated alkanes) is 1. The minimum atomic E-state index is -3.43. The van der Waals surface area contributed by atoms with Crippen LogP contribution in [-0.2, 0) is 10.0 Å². The van der Waals surface area contributed by atoms with Crippen molar-refractivity contribution in [3.8, 4) is 0 Å². The summed E-state index contributed by atoms with van der Waals surface area (Å²) in [5, 5.41) is 11.8. The summed E-state index contributed by atoms with van der Waals surface area (Å²) in [5.74, 6) is 0. The zero-order valence-electron chi connectivity index (χ0n) is 10.8. The van der Waals surface area contributed by atoms with Crippen molar-refractivity contribution in [1.29, 1.82) is 0 Å². The van der Waals surface area contributed by atoms with Crippen molar-refractivity contribution in [3.63, 3.8) is 0 Å². The van der Waals surface area contributed by atoms with Gasteiger partial charge in [-0.2, -0.15) is 0 Å². The lowest BCUT2D eigenvalue weighted by molar-refractivity contribution is 0.286. The quantitative estimate of drug-likeness (QED) is 0.730. The molecule has 0 aliphatic rings. The first-order chi connectivity index (χ1) is 8.50. The number of hydrogen-bond donors (Lipinski definition) is 2. The number of rotatable bonds is 7. The highest BCUT2D eigenvalue weighted by Gasteiger charge is 2.20. The van der Waals surface area contributed by atoms with Gasteiger partial charge in [0.25, 0.3) is 0 Å². The molecule has 102 valence electrons.